The van der Waals surface area contributed by atoms with Gasteiger partial charge in [-0.25, -0.2) is 0 Å². The third-order valence-corrected chi connectivity index (χ3v) is 5.07. The van der Waals surface area contributed by atoms with Gasteiger partial charge in [-0.15, -0.1) is 0 Å². The van der Waals surface area contributed by atoms with Crippen molar-refractivity contribution in [1.29, 1.82) is 0 Å². The molecular weight excluding hydrogens is 232 g/mol. The minimum Gasteiger partial charge on any atom is -0.399 e. The number of likely N-dealkylation sites (tertiary alicyclic amines) is 1. The fourth-order valence-corrected chi connectivity index (χ4v) is 3.72. The Hall–Kier alpha value is -1.02. The quantitative estimate of drug-likeness (QED) is 0.838. The first kappa shape index (κ1) is 13.0. The van der Waals surface area contributed by atoms with Crippen LogP contribution in [0.2, 0.25) is 0 Å². The van der Waals surface area contributed by atoms with Crippen molar-refractivity contribution >= 4 is 5.69 Å². The maximum Gasteiger partial charge on any atom is 0.0314 e. The van der Waals surface area contributed by atoms with Crippen LogP contribution in [-0.4, -0.2) is 24.0 Å². The van der Waals surface area contributed by atoms with Gasteiger partial charge in [0.05, 0.1) is 0 Å². The van der Waals surface area contributed by atoms with Crippen molar-refractivity contribution in [2.24, 2.45) is 5.92 Å². The molecule has 1 atom stereocenters. The number of nitrogens with zero attached hydrogens (tertiary/aromatic N) is 1. The number of hydrogen-bond acceptors (Lipinski definition) is 2. The molecule has 104 valence electrons. The smallest absolute Gasteiger partial charge is 0.0314 e. The molecule has 1 saturated heterocycles. The summed E-state index contributed by atoms with van der Waals surface area (Å²) in [6.45, 7) is 7.27. The first-order valence-electron chi connectivity index (χ1n) is 7.71. The summed E-state index contributed by atoms with van der Waals surface area (Å²) in [5.41, 5.74) is 8.61. The Morgan fingerprint density at radius 1 is 1.26 bits per heavy atom. The molecule has 2 aliphatic rings. The monoisotopic (exact) mass is 258 g/mol. The maximum atomic E-state index is 5.81. The van der Waals surface area contributed by atoms with E-state index in [2.05, 4.69) is 43.0 Å². The van der Waals surface area contributed by atoms with Crippen LogP contribution >= 0.6 is 0 Å². The van der Waals surface area contributed by atoms with E-state index in [-0.39, 0.29) is 0 Å². The maximum absolute atomic E-state index is 5.81. The molecule has 1 unspecified atom stereocenters. The summed E-state index contributed by atoms with van der Waals surface area (Å²) >= 11 is 0. The highest BCUT2D eigenvalue weighted by Gasteiger charge is 2.47. The number of benzene rings is 1. The average molecular weight is 258 g/mol. The zero-order valence-electron chi connectivity index (χ0n) is 12.2. The Kier molecular flexibility index (Phi) is 3.30. The van der Waals surface area contributed by atoms with Crippen LogP contribution in [0.5, 0.6) is 0 Å². The zero-order valence-corrected chi connectivity index (χ0v) is 12.2. The Balaban J connectivity index is 1.73. The molecule has 3 rings (SSSR count). The third kappa shape index (κ3) is 2.51. The summed E-state index contributed by atoms with van der Waals surface area (Å²) in [6, 6.07) is 9.38. The summed E-state index contributed by atoms with van der Waals surface area (Å²) in [4.78, 5) is 2.74. The Morgan fingerprint density at radius 3 is 2.53 bits per heavy atom. The van der Waals surface area contributed by atoms with Gasteiger partial charge in [0.15, 0.2) is 0 Å². The van der Waals surface area contributed by atoms with Crippen LogP contribution in [0.3, 0.4) is 0 Å². The van der Waals surface area contributed by atoms with Crippen molar-refractivity contribution < 1.29 is 0 Å². The lowest BCUT2D eigenvalue weighted by Gasteiger charge is -2.31. The van der Waals surface area contributed by atoms with E-state index in [1.165, 1.54) is 44.3 Å². The van der Waals surface area contributed by atoms with Crippen LogP contribution in [0.4, 0.5) is 5.69 Å². The molecule has 1 aliphatic carbocycles. The molecule has 0 radical (unpaired) electrons. The second kappa shape index (κ2) is 4.82. The molecule has 1 saturated carbocycles. The van der Waals surface area contributed by atoms with Crippen LogP contribution in [0.25, 0.3) is 0 Å². The second-order valence-electron chi connectivity index (χ2n) is 6.83. The summed E-state index contributed by atoms with van der Waals surface area (Å²) in [6.07, 6.45) is 5.45. The van der Waals surface area contributed by atoms with Gasteiger partial charge in [-0.3, -0.25) is 4.90 Å². The highest BCUT2D eigenvalue weighted by molar-refractivity contribution is 5.43. The summed E-state index contributed by atoms with van der Waals surface area (Å²) in [5.74, 6) is 0.782. The fraction of sp³-hybridized carbons (Fsp3) is 0.647. The minimum absolute atomic E-state index is 0.436. The lowest BCUT2D eigenvalue weighted by molar-refractivity contribution is 0.189. The van der Waals surface area contributed by atoms with Gasteiger partial charge in [0.2, 0.25) is 0 Å². The lowest BCUT2D eigenvalue weighted by Crippen LogP contribution is -2.39. The van der Waals surface area contributed by atoms with E-state index in [0.29, 0.717) is 5.41 Å². The number of nitrogens with two attached hydrogens (primary N) is 1. The minimum atomic E-state index is 0.436. The Morgan fingerprint density at radius 2 is 1.95 bits per heavy atom. The predicted octanol–water partition coefficient (Wildman–Crippen LogP) is 3.42. The van der Waals surface area contributed by atoms with Crippen LogP contribution < -0.4 is 5.73 Å². The average Bonchev–Trinajstić information content (AvgIpc) is 3.00. The van der Waals surface area contributed by atoms with Crippen LogP contribution in [-0.2, 0) is 5.41 Å². The van der Waals surface area contributed by atoms with E-state index in [9.17, 15) is 0 Å². The van der Waals surface area contributed by atoms with Crippen molar-refractivity contribution in [2.45, 2.75) is 51.0 Å². The van der Waals surface area contributed by atoms with Crippen molar-refractivity contribution in [3.8, 4) is 0 Å². The molecule has 0 aromatic heterocycles. The topological polar surface area (TPSA) is 29.3 Å². The first-order valence-corrected chi connectivity index (χ1v) is 7.71. The van der Waals surface area contributed by atoms with Gasteiger partial charge in [0.1, 0.15) is 0 Å². The van der Waals surface area contributed by atoms with Crippen molar-refractivity contribution in [1.82, 2.24) is 4.90 Å². The van der Waals surface area contributed by atoms with Gasteiger partial charge in [0, 0.05) is 23.7 Å². The van der Waals surface area contributed by atoms with Crippen LogP contribution in [0, 0.1) is 5.92 Å². The highest BCUT2D eigenvalue weighted by Crippen LogP contribution is 2.49. The molecule has 2 heteroatoms. The SMILES string of the molecule is CC(C)C1CCCN1CC1(c2ccc(N)cc2)CC1. The lowest BCUT2D eigenvalue weighted by atomic mass is 9.93. The van der Waals surface area contributed by atoms with E-state index in [1.807, 2.05) is 0 Å². The van der Waals surface area contributed by atoms with Gasteiger partial charge in [-0.05, 0) is 55.8 Å². The van der Waals surface area contributed by atoms with Gasteiger partial charge in [-0.2, -0.15) is 0 Å². The standard InChI is InChI=1S/C17H26N2/c1-13(2)16-4-3-11-19(16)12-17(9-10-17)14-5-7-15(18)8-6-14/h5-8,13,16H,3-4,9-12,18H2,1-2H3. The van der Waals surface area contributed by atoms with E-state index in [1.54, 1.807) is 0 Å². The number of anilines is 1. The molecular formula is C17H26N2. The molecule has 19 heavy (non-hydrogen) atoms. The van der Waals surface area contributed by atoms with E-state index in [4.69, 9.17) is 5.73 Å². The molecule has 1 aromatic rings. The number of nitrogen functional groups attached to an aromatic ring is 1. The summed E-state index contributed by atoms with van der Waals surface area (Å²) in [5, 5.41) is 0. The van der Waals surface area contributed by atoms with Crippen LogP contribution in [0.1, 0.15) is 45.1 Å². The van der Waals surface area contributed by atoms with Gasteiger partial charge in [0.25, 0.3) is 0 Å². The van der Waals surface area contributed by atoms with E-state index >= 15 is 0 Å². The number of hydrogen-bond donors (Lipinski definition) is 1. The zero-order chi connectivity index (χ0) is 13.5. The highest BCUT2D eigenvalue weighted by atomic mass is 15.2. The predicted molar refractivity (Wildman–Crippen MR) is 81.2 cm³/mol. The first-order chi connectivity index (χ1) is 9.11. The fourth-order valence-electron chi connectivity index (χ4n) is 3.72. The van der Waals surface area contributed by atoms with Gasteiger partial charge < -0.3 is 5.73 Å². The Labute approximate surface area is 117 Å². The molecule has 2 nitrogen and oxygen atoms in total. The molecule has 0 spiro atoms. The van der Waals surface area contributed by atoms with E-state index in [0.717, 1.165) is 17.6 Å². The van der Waals surface area contributed by atoms with Gasteiger partial charge >= 0.3 is 0 Å². The number of rotatable bonds is 4. The van der Waals surface area contributed by atoms with Crippen molar-refractivity contribution in [2.75, 3.05) is 18.8 Å². The molecule has 1 aromatic carbocycles. The van der Waals surface area contributed by atoms with Crippen LogP contribution in [0.15, 0.2) is 24.3 Å². The van der Waals surface area contributed by atoms with Crippen molar-refractivity contribution in [3.63, 3.8) is 0 Å². The summed E-state index contributed by atoms with van der Waals surface area (Å²) in [7, 11) is 0. The van der Waals surface area contributed by atoms with E-state index < -0.39 is 0 Å². The third-order valence-electron chi connectivity index (χ3n) is 5.07. The molecule has 1 heterocycles. The summed E-state index contributed by atoms with van der Waals surface area (Å²) < 4.78 is 0. The van der Waals surface area contributed by atoms with Crippen molar-refractivity contribution in [3.05, 3.63) is 29.8 Å². The second-order valence-corrected chi connectivity index (χ2v) is 6.83. The molecule has 2 N–H and O–H groups in total. The molecule has 0 bridgehead atoms. The largest absolute Gasteiger partial charge is 0.399 e. The molecule has 1 aliphatic heterocycles. The Bertz CT molecular complexity index is 431. The normalized spacial score (nSPS) is 25.9. The molecule has 2 fully saturated rings. The molecule has 0 amide bonds. The van der Waals surface area contributed by atoms with Gasteiger partial charge in [-0.1, -0.05) is 26.0 Å².